The Morgan fingerprint density at radius 2 is 2.00 bits per heavy atom. The molecule has 0 saturated carbocycles. The Kier molecular flexibility index (Phi) is 5.09. The standard InChI is InChI=1S/C14H21ClN4O/c1-11(14(16)17-20)10-18-6-8-19(9-7-18)13-5-3-2-4-12(13)15/h2-5,11,20H,6-10H2,1H3,(H2,16,17). The first-order valence-electron chi connectivity index (χ1n) is 6.81. The maximum Gasteiger partial charge on any atom is 0.143 e. The number of nitrogens with zero attached hydrogens (tertiary/aromatic N) is 3. The van der Waals surface area contributed by atoms with Gasteiger partial charge in [-0.25, -0.2) is 0 Å². The largest absolute Gasteiger partial charge is 0.409 e. The highest BCUT2D eigenvalue weighted by Gasteiger charge is 2.21. The molecule has 1 unspecified atom stereocenters. The Bertz CT molecular complexity index is 472. The van der Waals surface area contributed by atoms with E-state index in [1.807, 2.05) is 25.1 Å². The van der Waals surface area contributed by atoms with Gasteiger partial charge in [0.15, 0.2) is 0 Å². The number of hydrogen-bond acceptors (Lipinski definition) is 4. The third-order valence-corrected chi connectivity index (χ3v) is 4.04. The van der Waals surface area contributed by atoms with Crippen LogP contribution in [0, 0.1) is 5.92 Å². The van der Waals surface area contributed by atoms with E-state index in [0.29, 0.717) is 5.84 Å². The van der Waals surface area contributed by atoms with E-state index in [1.165, 1.54) is 0 Å². The fourth-order valence-electron chi connectivity index (χ4n) is 2.46. The van der Waals surface area contributed by atoms with Gasteiger partial charge in [-0.3, -0.25) is 4.90 Å². The summed E-state index contributed by atoms with van der Waals surface area (Å²) in [5.74, 6) is 0.352. The highest BCUT2D eigenvalue weighted by molar-refractivity contribution is 6.33. The average molecular weight is 297 g/mol. The minimum atomic E-state index is 0.0619. The van der Waals surface area contributed by atoms with E-state index in [0.717, 1.165) is 43.4 Å². The van der Waals surface area contributed by atoms with Gasteiger partial charge in [-0.2, -0.15) is 0 Å². The van der Waals surface area contributed by atoms with Crippen LogP contribution >= 0.6 is 11.6 Å². The molecule has 0 aromatic heterocycles. The lowest BCUT2D eigenvalue weighted by atomic mass is 10.1. The van der Waals surface area contributed by atoms with Gasteiger partial charge in [0.1, 0.15) is 5.84 Å². The Morgan fingerprint density at radius 1 is 1.35 bits per heavy atom. The first-order chi connectivity index (χ1) is 9.61. The number of nitrogens with two attached hydrogens (primary N) is 1. The summed E-state index contributed by atoms with van der Waals surface area (Å²) >= 11 is 6.22. The lowest BCUT2D eigenvalue weighted by Crippen LogP contribution is -2.48. The third kappa shape index (κ3) is 3.55. The van der Waals surface area contributed by atoms with Crippen molar-refractivity contribution in [1.29, 1.82) is 0 Å². The summed E-state index contributed by atoms with van der Waals surface area (Å²) in [6.45, 7) is 6.56. The summed E-state index contributed by atoms with van der Waals surface area (Å²) in [5.41, 5.74) is 6.71. The second-order valence-corrected chi connectivity index (χ2v) is 5.57. The number of amidine groups is 1. The molecule has 1 aromatic carbocycles. The fraction of sp³-hybridized carbons (Fsp3) is 0.500. The van der Waals surface area contributed by atoms with Crippen LogP contribution in [0.15, 0.2) is 29.4 Å². The predicted octanol–water partition coefficient (Wildman–Crippen LogP) is 1.84. The molecule has 1 atom stereocenters. The zero-order valence-corrected chi connectivity index (χ0v) is 12.4. The summed E-state index contributed by atoms with van der Waals surface area (Å²) in [6.07, 6.45) is 0. The molecule has 20 heavy (non-hydrogen) atoms. The molecule has 0 aliphatic carbocycles. The van der Waals surface area contributed by atoms with Crippen molar-refractivity contribution in [2.24, 2.45) is 16.8 Å². The zero-order valence-electron chi connectivity index (χ0n) is 11.7. The van der Waals surface area contributed by atoms with Crippen LogP contribution in [-0.4, -0.2) is 48.7 Å². The van der Waals surface area contributed by atoms with E-state index in [9.17, 15) is 0 Å². The van der Waals surface area contributed by atoms with E-state index in [1.54, 1.807) is 0 Å². The maximum atomic E-state index is 8.68. The summed E-state index contributed by atoms with van der Waals surface area (Å²) in [6, 6.07) is 7.93. The van der Waals surface area contributed by atoms with Crippen LogP contribution in [-0.2, 0) is 0 Å². The smallest absolute Gasteiger partial charge is 0.143 e. The maximum absolute atomic E-state index is 8.68. The van der Waals surface area contributed by atoms with Crippen molar-refractivity contribution in [3.63, 3.8) is 0 Å². The van der Waals surface area contributed by atoms with Gasteiger partial charge < -0.3 is 15.8 Å². The highest BCUT2D eigenvalue weighted by Crippen LogP contribution is 2.26. The number of piperazine rings is 1. The van der Waals surface area contributed by atoms with Gasteiger partial charge >= 0.3 is 0 Å². The molecule has 0 spiro atoms. The molecule has 0 bridgehead atoms. The van der Waals surface area contributed by atoms with Gasteiger partial charge in [-0.15, -0.1) is 0 Å². The summed E-state index contributed by atoms with van der Waals surface area (Å²) in [7, 11) is 0. The van der Waals surface area contributed by atoms with Gasteiger partial charge in [0.2, 0.25) is 0 Å². The molecule has 1 aromatic rings. The number of hydrogen-bond donors (Lipinski definition) is 2. The Balaban J connectivity index is 1.88. The monoisotopic (exact) mass is 296 g/mol. The van der Waals surface area contributed by atoms with E-state index < -0.39 is 0 Å². The summed E-state index contributed by atoms with van der Waals surface area (Å²) in [4.78, 5) is 4.63. The number of rotatable bonds is 4. The quantitative estimate of drug-likeness (QED) is 0.385. The molecule has 6 heteroatoms. The van der Waals surface area contributed by atoms with Gasteiger partial charge in [-0.05, 0) is 12.1 Å². The average Bonchev–Trinajstić information content (AvgIpc) is 2.48. The van der Waals surface area contributed by atoms with Crippen molar-refractivity contribution >= 4 is 23.1 Å². The molecule has 1 aliphatic rings. The van der Waals surface area contributed by atoms with Crippen molar-refractivity contribution in [1.82, 2.24) is 4.90 Å². The zero-order chi connectivity index (χ0) is 14.5. The molecule has 1 saturated heterocycles. The molecular weight excluding hydrogens is 276 g/mol. The highest BCUT2D eigenvalue weighted by atomic mass is 35.5. The summed E-state index contributed by atoms with van der Waals surface area (Å²) < 4.78 is 0. The van der Waals surface area contributed by atoms with E-state index >= 15 is 0 Å². The summed E-state index contributed by atoms with van der Waals surface area (Å²) in [5, 5.41) is 12.5. The van der Waals surface area contributed by atoms with Crippen LogP contribution < -0.4 is 10.6 Å². The normalized spacial score (nSPS) is 19.1. The molecule has 5 nitrogen and oxygen atoms in total. The minimum Gasteiger partial charge on any atom is -0.409 e. The van der Waals surface area contributed by atoms with Gasteiger partial charge in [0, 0.05) is 38.6 Å². The predicted molar refractivity (Wildman–Crippen MR) is 82.7 cm³/mol. The first kappa shape index (κ1) is 14.9. The van der Waals surface area contributed by atoms with Gasteiger partial charge in [0.25, 0.3) is 0 Å². The molecule has 0 radical (unpaired) electrons. The van der Waals surface area contributed by atoms with Crippen molar-refractivity contribution < 1.29 is 5.21 Å². The lowest BCUT2D eigenvalue weighted by Gasteiger charge is -2.37. The van der Waals surface area contributed by atoms with Crippen LogP contribution in [0.4, 0.5) is 5.69 Å². The van der Waals surface area contributed by atoms with Crippen molar-refractivity contribution in [2.45, 2.75) is 6.92 Å². The van der Waals surface area contributed by atoms with Crippen LogP contribution in [0.2, 0.25) is 5.02 Å². The lowest BCUT2D eigenvalue weighted by molar-refractivity contribution is 0.240. The van der Waals surface area contributed by atoms with Crippen LogP contribution in [0.5, 0.6) is 0 Å². The van der Waals surface area contributed by atoms with Crippen molar-refractivity contribution in [3.8, 4) is 0 Å². The Labute approximate surface area is 124 Å². The van der Waals surface area contributed by atoms with E-state index in [-0.39, 0.29) is 5.92 Å². The third-order valence-electron chi connectivity index (χ3n) is 3.72. The Morgan fingerprint density at radius 3 is 2.60 bits per heavy atom. The van der Waals surface area contributed by atoms with E-state index in [2.05, 4.69) is 21.0 Å². The molecule has 110 valence electrons. The second kappa shape index (κ2) is 6.81. The molecule has 0 amide bonds. The van der Waals surface area contributed by atoms with Crippen molar-refractivity contribution in [3.05, 3.63) is 29.3 Å². The fourth-order valence-corrected chi connectivity index (χ4v) is 2.71. The number of benzene rings is 1. The van der Waals surface area contributed by atoms with Gasteiger partial charge in [-0.1, -0.05) is 35.8 Å². The van der Waals surface area contributed by atoms with E-state index in [4.69, 9.17) is 22.5 Å². The molecule has 1 aliphatic heterocycles. The van der Waals surface area contributed by atoms with Crippen LogP contribution in [0.3, 0.4) is 0 Å². The molecular formula is C14H21ClN4O. The molecule has 2 rings (SSSR count). The first-order valence-corrected chi connectivity index (χ1v) is 7.19. The SMILES string of the molecule is CC(CN1CCN(c2ccccc2Cl)CC1)/C(N)=N/O. The van der Waals surface area contributed by atoms with Crippen molar-refractivity contribution in [2.75, 3.05) is 37.6 Å². The van der Waals surface area contributed by atoms with Gasteiger partial charge in [0.05, 0.1) is 10.7 Å². The Hall–Kier alpha value is -1.46. The number of oxime groups is 1. The number of para-hydroxylation sites is 1. The number of halogens is 1. The van der Waals surface area contributed by atoms with Crippen LogP contribution in [0.1, 0.15) is 6.92 Å². The topological polar surface area (TPSA) is 65.1 Å². The molecule has 1 fully saturated rings. The second-order valence-electron chi connectivity index (χ2n) is 5.16. The number of anilines is 1. The molecule has 3 N–H and O–H groups in total. The molecule has 1 heterocycles. The minimum absolute atomic E-state index is 0.0619. The van der Waals surface area contributed by atoms with Crippen LogP contribution in [0.25, 0.3) is 0 Å².